The maximum absolute atomic E-state index is 3.91. The third-order valence-corrected chi connectivity index (χ3v) is 5.82. The molecule has 0 heteroatoms. The number of hydrogen-bond donors (Lipinski definition) is 0. The molecular weight excluding hydrogens is 324 g/mol. The lowest BCUT2D eigenvalue weighted by Gasteiger charge is -2.09. The second-order valence-corrected chi connectivity index (χ2v) is 7.94. The minimum absolute atomic E-state index is 1.10. The molecule has 0 N–H and O–H groups in total. The largest absolute Gasteiger partial charge is 0.0616 e. The summed E-state index contributed by atoms with van der Waals surface area (Å²) < 4.78 is 0. The third kappa shape index (κ3) is 5.83. The number of benzene rings is 3. The van der Waals surface area contributed by atoms with Crippen LogP contribution in [0.15, 0.2) is 54.6 Å². The van der Waals surface area contributed by atoms with Crippen molar-refractivity contribution in [2.24, 2.45) is 0 Å². The molecule has 0 aliphatic carbocycles. The quantitative estimate of drug-likeness (QED) is 0.224. The van der Waals surface area contributed by atoms with Gasteiger partial charge in [0.2, 0.25) is 0 Å². The summed E-state index contributed by atoms with van der Waals surface area (Å²) in [5.41, 5.74) is 1.52. The number of rotatable bonds is 12. The number of unbranched alkanes of at least 4 members (excludes halogenated alkanes) is 10. The smallest absolute Gasteiger partial charge is 0.0103 e. The van der Waals surface area contributed by atoms with E-state index < -0.39 is 0 Å². The highest BCUT2D eigenvalue weighted by Crippen LogP contribution is 2.28. The monoisotopic (exact) mass is 359 g/mol. The van der Waals surface area contributed by atoms with Crippen LogP contribution in [0, 0.1) is 6.92 Å². The fraction of sp³-hybridized carbons (Fsp3) is 0.444. The normalized spacial score (nSPS) is 11.4. The third-order valence-electron chi connectivity index (χ3n) is 5.82. The van der Waals surface area contributed by atoms with Crippen molar-refractivity contribution in [1.29, 1.82) is 0 Å². The topological polar surface area (TPSA) is 0 Å². The zero-order chi connectivity index (χ0) is 18.7. The van der Waals surface area contributed by atoms with Crippen molar-refractivity contribution in [3.63, 3.8) is 0 Å². The Hall–Kier alpha value is -1.82. The van der Waals surface area contributed by atoms with Gasteiger partial charge in [0.1, 0.15) is 0 Å². The summed E-state index contributed by atoms with van der Waals surface area (Å²) in [5.74, 6) is 0. The summed E-state index contributed by atoms with van der Waals surface area (Å²) in [6.45, 7) is 3.91. The molecule has 0 atom stereocenters. The van der Waals surface area contributed by atoms with Gasteiger partial charge in [-0.1, -0.05) is 126 Å². The Kier molecular flexibility index (Phi) is 8.21. The molecule has 0 aliphatic rings. The molecule has 0 heterocycles. The summed E-state index contributed by atoms with van der Waals surface area (Å²) in [7, 11) is 0. The first kappa shape index (κ1) is 19.9. The molecular formula is C27H35. The molecule has 27 heavy (non-hydrogen) atoms. The van der Waals surface area contributed by atoms with Crippen LogP contribution in [0.4, 0.5) is 0 Å². The van der Waals surface area contributed by atoms with Gasteiger partial charge >= 0.3 is 0 Å². The van der Waals surface area contributed by atoms with Crippen LogP contribution in [0.3, 0.4) is 0 Å². The first-order chi connectivity index (χ1) is 13.4. The van der Waals surface area contributed by atoms with Crippen LogP contribution in [-0.4, -0.2) is 0 Å². The highest BCUT2D eigenvalue weighted by atomic mass is 14.1. The van der Waals surface area contributed by atoms with Crippen molar-refractivity contribution in [2.75, 3.05) is 0 Å². The molecule has 143 valence electrons. The highest BCUT2D eigenvalue weighted by molar-refractivity contribution is 6.08. The Balaban J connectivity index is 1.41. The van der Waals surface area contributed by atoms with Crippen molar-refractivity contribution >= 4 is 21.5 Å². The standard InChI is InChI=1S/C27H35/c1-2-3-4-5-6-7-8-9-10-11-12-16-23-18-15-20-27-25-19-14-13-17-24(25)21-22-26(23)27/h13-15,17-22H,1-12,16H2. The fourth-order valence-electron chi connectivity index (χ4n) is 4.23. The van der Waals surface area contributed by atoms with E-state index in [1.807, 2.05) is 0 Å². The number of aryl methyl sites for hydroxylation is 1. The van der Waals surface area contributed by atoms with E-state index in [-0.39, 0.29) is 0 Å². The van der Waals surface area contributed by atoms with Crippen LogP contribution >= 0.6 is 0 Å². The average Bonchev–Trinajstić information content (AvgIpc) is 2.72. The Morgan fingerprint density at radius 2 is 1.11 bits per heavy atom. The second-order valence-electron chi connectivity index (χ2n) is 7.94. The van der Waals surface area contributed by atoms with Gasteiger partial charge in [-0.25, -0.2) is 0 Å². The Morgan fingerprint density at radius 1 is 0.481 bits per heavy atom. The summed E-state index contributed by atoms with van der Waals surface area (Å²) in [6, 6.07) is 20.2. The van der Waals surface area contributed by atoms with E-state index >= 15 is 0 Å². The maximum Gasteiger partial charge on any atom is -0.0103 e. The molecule has 1 radical (unpaired) electrons. The van der Waals surface area contributed by atoms with Crippen LogP contribution in [0.25, 0.3) is 21.5 Å². The van der Waals surface area contributed by atoms with Gasteiger partial charge in [-0.3, -0.25) is 0 Å². The Bertz CT molecular complexity index is 815. The van der Waals surface area contributed by atoms with Gasteiger partial charge in [0, 0.05) is 0 Å². The first-order valence-corrected chi connectivity index (χ1v) is 11.1. The van der Waals surface area contributed by atoms with Crippen molar-refractivity contribution in [1.82, 2.24) is 0 Å². The maximum atomic E-state index is 3.91. The highest BCUT2D eigenvalue weighted by Gasteiger charge is 2.04. The van der Waals surface area contributed by atoms with E-state index in [0.29, 0.717) is 0 Å². The number of fused-ring (bicyclic) bond motifs is 3. The van der Waals surface area contributed by atoms with E-state index in [9.17, 15) is 0 Å². The molecule has 0 aliphatic heterocycles. The molecule has 3 rings (SSSR count). The Morgan fingerprint density at radius 3 is 1.85 bits per heavy atom. The van der Waals surface area contributed by atoms with Gasteiger partial charge in [-0.2, -0.15) is 0 Å². The van der Waals surface area contributed by atoms with Crippen molar-refractivity contribution in [3.8, 4) is 0 Å². The molecule has 0 fully saturated rings. The van der Waals surface area contributed by atoms with Gasteiger partial charge in [0.25, 0.3) is 0 Å². The molecule has 0 amide bonds. The average molecular weight is 360 g/mol. The molecule has 0 bridgehead atoms. The minimum Gasteiger partial charge on any atom is -0.0616 e. The molecule has 0 nitrogen and oxygen atoms in total. The molecule has 0 spiro atoms. The van der Waals surface area contributed by atoms with Gasteiger partial charge in [-0.05, 0) is 39.9 Å². The molecule has 0 saturated carbocycles. The lowest BCUT2D eigenvalue weighted by atomic mass is 9.95. The van der Waals surface area contributed by atoms with Crippen molar-refractivity contribution < 1.29 is 0 Å². The van der Waals surface area contributed by atoms with E-state index in [1.54, 1.807) is 0 Å². The first-order valence-electron chi connectivity index (χ1n) is 11.1. The lowest BCUT2D eigenvalue weighted by molar-refractivity contribution is 0.552. The van der Waals surface area contributed by atoms with Gasteiger partial charge < -0.3 is 0 Å². The molecule has 0 aromatic heterocycles. The van der Waals surface area contributed by atoms with Crippen LogP contribution in [0.5, 0.6) is 0 Å². The van der Waals surface area contributed by atoms with E-state index in [4.69, 9.17) is 0 Å². The van der Waals surface area contributed by atoms with E-state index in [1.165, 1.54) is 97.7 Å². The summed E-state index contributed by atoms with van der Waals surface area (Å²) in [5, 5.41) is 5.57. The van der Waals surface area contributed by atoms with Crippen LogP contribution in [-0.2, 0) is 6.42 Å². The predicted octanol–water partition coefficient (Wildman–Crippen LogP) is 8.66. The van der Waals surface area contributed by atoms with E-state index in [2.05, 4.69) is 61.5 Å². The van der Waals surface area contributed by atoms with Crippen LogP contribution < -0.4 is 0 Å². The van der Waals surface area contributed by atoms with Gasteiger partial charge in [0.05, 0.1) is 0 Å². The predicted molar refractivity (Wildman–Crippen MR) is 121 cm³/mol. The van der Waals surface area contributed by atoms with Gasteiger partial charge in [-0.15, -0.1) is 0 Å². The zero-order valence-electron chi connectivity index (χ0n) is 16.9. The fourth-order valence-corrected chi connectivity index (χ4v) is 4.23. The molecule has 0 unspecified atom stereocenters. The number of hydrogen-bond acceptors (Lipinski definition) is 0. The van der Waals surface area contributed by atoms with E-state index in [0.717, 1.165) is 6.42 Å². The lowest BCUT2D eigenvalue weighted by Crippen LogP contribution is -1.89. The van der Waals surface area contributed by atoms with Crippen molar-refractivity contribution in [2.45, 2.75) is 77.0 Å². The SMILES string of the molecule is [CH2]CCCCCCCCCCCCc1cccc2c1ccc1ccccc12. The molecule has 0 saturated heterocycles. The Labute approximate surface area is 166 Å². The molecule has 3 aromatic carbocycles. The summed E-state index contributed by atoms with van der Waals surface area (Å²) in [4.78, 5) is 0. The van der Waals surface area contributed by atoms with Crippen molar-refractivity contribution in [3.05, 3.63) is 67.1 Å². The van der Waals surface area contributed by atoms with Gasteiger partial charge in [0.15, 0.2) is 0 Å². The minimum atomic E-state index is 1.10. The second kappa shape index (κ2) is 11.1. The summed E-state index contributed by atoms with van der Waals surface area (Å²) >= 11 is 0. The summed E-state index contributed by atoms with van der Waals surface area (Å²) in [6.07, 6.45) is 16.2. The van der Waals surface area contributed by atoms with Crippen LogP contribution in [0.2, 0.25) is 0 Å². The zero-order valence-corrected chi connectivity index (χ0v) is 16.9. The molecule has 3 aromatic rings. The van der Waals surface area contributed by atoms with Crippen LogP contribution in [0.1, 0.15) is 76.2 Å².